The number of hydrogen-bond acceptors (Lipinski definition) is 5. The topological polar surface area (TPSA) is 98.6 Å². The molecule has 1 aliphatic rings. The van der Waals surface area contributed by atoms with E-state index in [0.29, 0.717) is 16.4 Å². The van der Waals surface area contributed by atoms with Crippen LogP contribution in [0.1, 0.15) is 11.9 Å². The van der Waals surface area contributed by atoms with Crippen LogP contribution in [-0.2, 0) is 4.74 Å². The van der Waals surface area contributed by atoms with Crippen molar-refractivity contribution in [3.05, 3.63) is 29.0 Å². The first kappa shape index (κ1) is 12.8. The number of benzene rings is 1. The van der Waals surface area contributed by atoms with E-state index in [-0.39, 0.29) is 6.61 Å². The monoisotopic (exact) mass is 284 g/mol. The fourth-order valence-corrected chi connectivity index (χ4v) is 2.49. The maximum absolute atomic E-state index is 9.93. The Kier molecular flexibility index (Phi) is 3.20. The fourth-order valence-electron chi connectivity index (χ4n) is 2.28. The van der Waals surface area contributed by atoms with Crippen molar-refractivity contribution >= 4 is 22.6 Å². The number of para-hydroxylation sites is 1. The van der Waals surface area contributed by atoms with Gasteiger partial charge in [0.1, 0.15) is 35.8 Å². The predicted octanol–water partition coefficient (Wildman–Crippen LogP) is 0.370. The molecular formula is C12H13ClN2O4. The van der Waals surface area contributed by atoms with Crippen LogP contribution in [0.3, 0.4) is 0 Å². The molecule has 102 valence electrons. The summed E-state index contributed by atoms with van der Waals surface area (Å²) in [5, 5.41) is 29.2. The summed E-state index contributed by atoms with van der Waals surface area (Å²) in [4.78, 5) is 7.28. The second-order valence-electron chi connectivity index (χ2n) is 4.52. The molecule has 1 aromatic carbocycles. The van der Waals surface area contributed by atoms with Crippen LogP contribution in [0.25, 0.3) is 11.0 Å². The lowest BCUT2D eigenvalue weighted by Crippen LogP contribution is -2.32. The lowest BCUT2D eigenvalue weighted by molar-refractivity contribution is -0.0249. The molecule has 7 heteroatoms. The number of nitrogens with zero attached hydrogens (tertiary/aromatic N) is 1. The van der Waals surface area contributed by atoms with Gasteiger partial charge < -0.3 is 25.0 Å². The Balaban J connectivity index is 1.99. The zero-order valence-electron chi connectivity index (χ0n) is 9.82. The van der Waals surface area contributed by atoms with Crippen molar-refractivity contribution in [3.63, 3.8) is 0 Å². The molecule has 19 heavy (non-hydrogen) atoms. The van der Waals surface area contributed by atoms with Gasteiger partial charge in [-0.3, -0.25) is 0 Å². The number of fused-ring (bicyclic) bond motifs is 1. The average molecular weight is 285 g/mol. The van der Waals surface area contributed by atoms with Gasteiger partial charge in [-0.25, -0.2) is 4.98 Å². The summed E-state index contributed by atoms with van der Waals surface area (Å²) in [6, 6.07) is 5.30. The molecule has 0 amide bonds. The minimum atomic E-state index is -1.14. The first-order valence-corrected chi connectivity index (χ1v) is 6.26. The molecule has 0 bridgehead atoms. The van der Waals surface area contributed by atoms with Crippen molar-refractivity contribution in [1.29, 1.82) is 0 Å². The van der Waals surface area contributed by atoms with E-state index in [1.165, 1.54) is 0 Å². The molecule has 4 N–H and O–H groups in total. The van der Waals surface area contributed by atoms with E-state index in [2.05, 4.69) is 9.97 Å². The fraction of sp³-hybridized carbons (Fsp3) is 0.417. The number of imidazole rings is 1. The van der Waals surface area contributed by atoms with Gasteiger partial charge >= 0.3 is 0 Å². The van der Waals surface area contributed by atoms with Gasteiger partial charge in [-0.1, -0.05) is 17.7 Å². The summed E-state index contributed by atoms with van der Waals surface area (Å²) in [6.07, 6.45) is -3.91. The molecule has 1 fully saturated rings. The minimum Gasteiger partial charge on any atom is -0.394 e. The van der Waals surface area contributed by atoms with Crippen molar-refractivity contribution in [3.8, 4) is 0 Å². The van der Waals surface area contributed by atoms with E-state index in [1.807, 2.05) is 0 Å². The highest BCUT2D eigenvalue weighted by Crippen LogP contribution is 2.33. The largest absolute Gasteiger partial charge is 0.394 e. The molecule has 2 heterocycles. The van der Waals surface area contributed by atoms with Gasteiger partial charge in [-0.15, -0.1) is 0 Å². The van der Waals surface area contributed by atoms with Gasteiger partial charge in [-0.2, -0.15) is 0 Å². The Hall–Kier alpha value is -1.18. The van der Waals surface area contributed by atoms with E-state index in [0.717, 1.165) is 5.52 Å². The summed E-state index contributed by atoms with van der Waals surface area (Å²) in [5.41, 5.74) is 1.30. The molecule has 3 rings (SSSR count). The normalized spacial score (nSPS) is 31.2. The molecule has 0 saturated carbocycles. The average Bonchev–Trinajstić information content (AvgIpc) is 2.94. The van der Waals surface area contributed by atoms with E-state index in [1.54, 1.807) is 18.2 Å². The first-order chi connectivity index (χ1) is 9.11. The molecule has 2 aromatic rings. The predicted molar refractivity (Wildman–Crippen MR) is 67.8 cm³/mol. The van der Waals surface area contributed by atoms with E-state index in [9.17, 15) is 10.2 Å². The number of rotatable bonds is 2. The van der Waals surface area contributed by atoms with Gasteiger partial charge in [-0.05, 0) is 12.1 Å². The Labute approximate surface area is 113 Å². The summed E-state index contributed by atoms with van der Waals surface area (Å²) in [5.74, 6) is 0.380. The van der Waals surface area contributed by atoms with Gasteiger partial charge in [0.05, 0.1) is 17.1 Å². The van der Waals surface area contributed by atoms with Crippen LogP contribution in [0, 0.1) is 0 Å². The number of ether oxygens (including phenoxy) is 1. The molecule has 4 atom stereocenters. The van der Waals surface area contributed by atoms with Crippen molar-refractivity contribution in [2.24, 2.45) is 0 Å². The molecule has 1 saturated heterocycles. The van der Waals surface area contributed by atoms with E-state index < -0.39 is 24.4 Å². The maximum atomic E-state index is 9.93. The van der Waals surface area contributed by atoms with Crippen LogP contribution >= 0.6 is 11.6 Å². The minimum absolute atomic E-state index is 0.365. The smallest absolute Gasteiger partial charge is 0.144 e. The number of aliphatic hydroxyl groups excluding tert-OH is 3. The summed E-state index contributed by atoms with van der Waals surface area (Å²) in [7, 11) is 0. The lowest BCUT2D eigenvalue weighted by Gasteiger charge is -2.11. The highest BCUT2D eigenvalue weighted by Gasteiger charge is 2.44. The Morgan fingerprint density at radius 3 is 2.74 bits per heavy atom. The Morgan fingerprint density at radius 1 is 1.32 bits per heavy atom. The number of hydrogen-bond donors (Lipinski definition) is 4. The molecule has 0 aliphatic carbocycles. The van der Waals surface area contributed by atoms with Crippen LogP contribution in [0.4, 0.5) is 0 Å². The van der Waals surface area contributed by atoms with Crippen LogP contribution in [0.2, 0.25) is 5.02 Å². The van der Waals surface area contributed by atoms with Gasteiger partial charge in [0, 0.05) is 0 Å². The number of aromatic amines is 1. The Bertz CT molecular complexity index is 602. The van der Waals surface area contributed by atoms with Crippen molar-refractivity contribution in [2.75, 3.05) is 6.61 Å². The molecule has 0 radical (unpaired) electrons. The zero-order valence-corrected chi connectivity index (χ0v) is 10.6. The molecular weight excluding hydrogens is 272 g/mol. The van der Waals surface area contributed by atoms with Crippen molar-refractivity contribution in [1.82, 2.24) is 9.97 Å². The van der Waals surface area contributed by atoms with Crippen LogP contribution in [0.5, 0.6) is 0 Å². The number of halogens is 1. The maximum Gasteiger partial charge on any atom is 0.144 e. The van der Waals surface area contributed by atoms with Crippen LogP contribution < -0.4 is 0 Å². The second kappa shape index (κ2) is 4.73. The van der Waals surface area contributed by atoms with Crippen LogP contribution in [0.15, 0.2) is 18.2 Å². The second-order valence-corrected chi connectivity index (χ2v) is 4.92. The molecule has 6 nitrogen and oxygen atoms in total. The standard InChI is InChI=1S/C12H13ClN2O4/c13-5-2-1-3-6-8(5)15-12(14-6)11-10(18)9(17)7(4-16)19-11/h1-3,7,9-11,16-18H,4H2,(H,14,15)/t7-,9-,10-,11?/m1/s1. The number of aliphatic hydroxyl groups is 3. The third kappa shape index (κ3) is 2.01. The highest BCUT2D eigenvalue weighted by atomic mass is 35.5. The SMILES string of the molecule is OC[C@H]1OC(c2nc3c(Cl)cccc3[nH]2)[C@H](O)[C@@H]1O. The molecule has 1 aliphatic heterocycles. The lowest BCUT2D eigenvalue weighted by atomic mass is 10.1. The molecule has 1 unspecified atom stereocenters. The zero-order chi connectivity index (χ0) is 13.6. The quantitative estimate of drug-likeness (QED) is 0.639. The first-order valence-electron chi connectivity index (χ1n) is 5.88. The number of H-pyrrole nitrogens is 1. The highest BCUT2D eigenvalue weighted by molar-refractivity contribution is 6.34. The van der Waals surface area contributed by atoms with Crippen molar-refractivity contribution in [2.45, 2.75) is 24.4 Å². The van der Waals surface area contributed by atoms with Crippen molar-refractivity contribution < 1.29 is 20.1 Å². The van der Waals surface area contributed by atoms with Crippen LogP contribution in [-0.4, -0.2) is 50.2 Å². The molecule has 0 spiro atoms. The third-order valence-corrected chi connectivity index (χ3v) is 3.60. The number of nitrogens with one attached hydrogen (secondary N) is 1. The van der Waals surface area contributed by atoms with Gasteiger partial charge in [0.15, 0.2) is 0 Å². The van der Waals surface area contributed by atoms with E-state index in [4.69, 9.17) is 21.4 Å². The third-order valence-electron chi connectivity index (χ3n) is 3.29. The number of aromatic nitrogens is 2. The van der Waals surface area contributed by atoms with Gasteiger partial charge in [0.2, 0.25) is 0 Å². The Morgan fingerprint density at radius 2 is 2.11 bits per heavy atom. The van der Waals surface area contributed by atoms with E-state index >= 15 is 0 Å². The summed E-state index contributed by atoms with van der Waals surface area (Å²) < 4.78 is 5.40. The summed E-state index contributed by atoms with van der Waals surface area (Å²) in [6.45, 7) is -0.365. The molecule has 1 aromatic heterocycles. The summed E-state index contributed by atoms with van der Waals surface area (Å²) >= 11 is 6.02. The van der Waals surface area contributed by atoms with Gasteiger partial charge in [0.25, 0.3) is 0 Å².